The van der Waals surface area contributed by atoms with Crippen molar-refractivity contribution >= 4 is 23.3 Å². The molecule has 25 heavy (non-hydrogen) atoms. The summed E-state index contributed by atoms with van der Waals surface area (Å²) in [5.41, 5.74) is 1.65. The van der Waals surface area contributed by atoms with Crippen molar-refractivity contribution in [3.05, 3.63) is 66.1 Å². The number of fused-ring (bicyclic) bond motifs is 1. The number of aliphatic hydroxyl groups excluding tert-OH is 1. The van der Waals surface area contributed by atoms with Gasteiger partial charge in [-0.25, -0.2) is 4.39 Å². The molecule has 0 aliphatic carbocycles. The van der Waals surface area contributed by atoms with E-state index in [4.69, 9.17) is 4.74 Å². The number of ether oxygens (including phenoxy) is 1. The highest BCUT2D eigenvalue weighted by molar-refractivity contribution is 5.85. The molecule has 0 bridgehead atoms. The first-order valence-corrected chi connectivity index (χ1v) is 7.86. The van der Waals surface area contributed by atoms with Crippen molar-refractivity contribution in [2.75, 3.05) is 20.7 Å². The smallest absolute Gasteiger partial charge is 0.123 e. The highest BCUT2D eigenvalue weighted by Gasteiger charge is 2.24. The van der Waals surface area contributed by atoms with E-state index in [-0.39, 0.29) is 18.2 Å². The van der Waals surface area contributed by atoms with Crippen LogP contribution in [0.1, 0.15) is 11.6 Å². The molecule has 0 saturated carbocycles. The Hall–Kier alpha value is -2.08. The van der Waals surface area contributed by atoms with Crippen molar-refractivity contribution < 1.29 is 14.2 Å². The summed E-state index contributed by atoms with van der Waals surface area (Å²) in [5.74, 6) is 0.423. The van der Waals surface area contributed by atoms with Gasteiger partial charge in [0.15, 0.2) is 0 Å². The molecule has 0 amide bonds. The molecule has 0 unspecified atom stereocenters. The third-order valence-corrected chi connectivity index (χ3v) is 4.20. The van der Waals surface area contributed by atoms with Crippen LogP contribution in [0.15, 0.2) is 54.7 Å². The Morgan fingerprint density at radius 1 is 1.20 bits per heavy atom. The molecule has 0 spiro atoms. The Balaban J connectivity index is 0.00000225. The van der Waals surface area contributed by atoms with Crippen LogP contribution < -0.4 is 10.1 Å². The highest BCUT2D eigenvalue weighted by Crippen LogP contribution is 2.30. The third kappa shape index (κ3) is 3.95. The maximum Gasteiger partial charge on any atom is 0.123 e. The maximum absolute atomic E-state index is 13.7. The van der Waals surface area contributed by atoms with Crippen molar-refractivity contribution in [3.63, 3.8) is 0 Å². The van der Waals surface area contributed by atoms with Crippen LogP contribution in [-0.2, 0) is 0 Å². The summed E-state index contributed by atoms with van der Waals surface area (Å²) in [5, 5.41) is 14.7. The van der Waals surface area contributed by atoms with Crippen LogP contribution in [0.5, 0.6) is 5.75 Å². The Kier molecular flexibility index (Phi) is 6.42. The van der Waals surface area contributed by atoms with Crippen molar-refractivity contribution in [3.8, 4) is 5.75 Å². The molecule has 0 radical (unpaired) electrons. The summed E-state index contributed by atoms with van der Waals surface area (Å²) in [6.45, 7) is 0.394. The third-order valence-electron chi connectivity index (χ3n) is 4.20. The molecule has 2 atom stereocenters. The second-order valence-corrected chi connectivity index (χ2v) is 5.77. The molecular weight excluding hydrogens is 343 g/mol. The van der Waals surface area contributed by atoms with E-state index >= 15 is 0 Å². The molecule has 0 aliphatic rings. The van der Waals surface area contributed by atoms with Gasteiger partial charge in [0.1, 0.15) is 11.6 Å². The zero-order chi connectivity index (χ0) is 17.1. The topological polar surface area (TPSA) is 46.4 Å². The molecule has 1 aromatic heterocycles. The number of nitrogens with zero attached hydrogens (tertiary/aromatic N) is 1. The fourth-order valence-electron chi connectivity index (χ4n) is 3.08. The number of aliphatic hydroxyl groups is 1. The first-order chi connectivity index (χ1) is 11.6. The van der Waals surface area contributed by atoms with Crippen molar-refractivity contribution in [2.24, 2.45) is 0 Å². The van der Waals surface area contributed by atoms with Crippen LogP contribution in [-0.4, -0.2) is 36.5 Å². The second-order valence-electron chi connectivity index (χ2n) is 5.77. The largest absolute Gasteiger partial charge is 0.497 e. The van der Waals surface area contributed by atoms with Gasteiger partial charge >= 0.3 is 0 Å². The van der Waals surface area contributed by atoms with Crippen LogP contribution in [0.3, 0.4) is 0 Å². The minimum atomic E-state index is -0.710. The number of benzene rings is 2. The van der Waals surface area contributed by atoms with Crippen LogP contribution in [0, 0.1) is 5.82 Å². The van der Waals surface area contributed by atoms with Gasteiger partial charge in [0.05, 0.1) is 24.8 Å². The monoisotopic (exact) mass is 364 g/mol. The molecule has 3 aromatic rings. The number of rotatable bonds is 6. The quantitative estimate of drug-likeness (QED) is 0.705. The van der Waals surface area contributed by atoms with E-state index in [2.05, 4.69) is 5.32 Å². The van der Waals surface area contributed by atoms with E-state index in [9.17, 15) is 9.50 Å². The van der Waals surface area contributed by atoms with Gasteiger partial charge in [-0.3, -0.25) is 0 Å². The van der Waals surface area contributed by atoms with Crippen LogP contribution >= 0.6 is 12.4 Å². The number of likely N-dealkylation sites (N-methyl/N-ethyl adjacent to an activating group) is 1. The summed E-state index contributed by atoms with van der Waals surface area (Å²) >= 11 is 0. The lowest BCUT2D eigenvalue weighted by molar-refractivity contribution is 0.132. The standard InChI is InChI=1S/C19H21FN2O2.ClH/c1-21-12-18(23)19(14-4-3-5-15(20)10-14)22-9-8-13-6-7-16(24-2)11-17(13)22;/h3-11,18-19,21,23H,12H2,1-2H3;1H/t18-,19+;/m1./s1. The Morgan fingerprint density at radius 3 is 2.68 bits per heavy atom. The molecule has 3 rings (SSSR count). The van der Waals surface area contributed by atoms with Crippen LogP contribution in [0.25, 0.3) is 10.9 Å². The van der Waals surface area contributed by atoms with Crippen LogP contribution in [0.2, 0.25) is 0 Å². The Bertz CT molecular complexity index is 837. The second kappa shape index (κ2) is 8.34. The van der Waals surface area contributed by atoms with Gasteiger partial charge in [-0.05, 0) is 48.3 Å². The first kappa shape index (κ1) is 19.2. The normalized spacial score (nSPS) is 13.3. The Morgan fingerprint density at radius 2 is 2.00 bits per heavy atom. The van der Waals surface area contributed by atoms with Crippen molar-refractivity contribution in [2.45, 2.75) is 12.1 Å². The lowest BCUT2D eigenvalue weighted by Crippen LogP contribution is -2.33. The number of methoxy groups -OCH3 is 1. The maximum atomic E-state index is 13.7. The van der Waals surface area contributed by atoms with Gasteiger partial charge in [-0.2, -0.15) is 0 Å². The van der Waals surface area contributed by atoms with E-state index in [1.54, 1.807) is 20.2 Å². The van der Waals surface area contributed by atoms with E-state index in [0.717, 1.165) is 22.2 Å². The fraction of sp³-hybridized carbons (Fsp3) is 0.263. The van der Waals surface area contributed by atoms with Gasteiger partial charge in [0.2, 0.25) is 0 Å². The predicted octanol–water partition coefficient (Wildman–Crippen LogP) is 3.38. The molecule has 4 nitrogen and oxygen atoms in total. The minimum absolute atomic E-state index is 0. The fourth-order valence-corrected chi connectivity index (χ4v) is 3.08. The molecular formula is C19H22ClFN2O2. The summed E-state index contributed by atoms with van der Waals surface area (Å²) in [4.78, 5) is 0. The number of aromatic nitrogens is 1. The average molecular weight is 365 g/mol. The summed E-state index contributed by atoms with van der Waals surface area (Å²) in [6, 6.07) is 13.7. The van der Waals surface area contributed by atoms with Crippen LogP contribution in [0.4, 0.5) is 4.39 Å². The molecule has 2 N–H and O–H groups in total. The first-order valence-electron chi connectivity index (χ1n) is 7.86. The predicted molar refractivity (Wildman–Crippen MR) is 100 cm³/mol. The lowest BCUT2D eigenvalue weighted by atomic mass is 10.0. The molecule has 2 aromatic carbocycles. The molecule has 0 fully saturated rings. The zero-order valence-electron chi connectivity index (χ0n) is 14.1. The number of halogens is 2. The van der Waals surface area contributed by atoms with Gasteiger partial charge in [0.25, 0.3) is 0 Å². The number of hydrogen-bond acceptors (Lipinski definition) is 3. The molecule has 6 heteroatoms. The van der Waals surface area contributed by atoms with Gasteiger partial charge < -0.3 is 19.7 Å². The summed E-state index contributed by atoms with van der Waals surface area (Å²) in [7, 11) is 3.40. The van der Waals surface area contributed by atoms with E-state index in [1.165, 1.54) is 12.1 Å². The van der Waals surface area contributed by atoms with Gasteiger partial charge in [-0.1, -0.05) is 12.1 Å². The van der Waals surface area contributed by atoms with E-state index in [0.29, 0.717) is 6.54 Å². The molecule has 0 aliphatic heterocycles. The molecule has 134 valence electrons. The van der Waals surface area contributed by atoms with Gasteiger partial charge in [-0.15, -0.1) is 12.4 Å². The highest BCUT2D eigenvalue weighted by atomic mass is 35.5. The zero-order valence-corrected chi connectivity index (χ0v) is 15.0. The van der Waals surface area contributed by atoms with Crippen molar-refractivity contribution in [1.29, 1.82) is 0 Å². The summed E-state index contributed by atoms with van der Waals surface area (Å²) in [6.07, 6.45) is 1.21. The van der Waals surface area contributed by atoms with E-state index < -0.39 is 12.1 Å². The number of nitrogens with one attached hydrogen (secondary N) is 1. The number of hydrogen-bond donors (Lipinski definition) is 2. The molecule has 0 saturated heterocycles. The summed E-state index contributed by atoms with van der Waals surface area (Å²) < 4.78 is 21.0. The van der Waals surface area contributed by atoms with E-state index in [1.807, 2.05) is 41.1 Å². The Labute approximate surface area is 152 Å². The van der Waals surface area contributed by atoms with Crippen molar-refractivity contribution in [1.82, 2.24) is 9.88 Å². The van der Waals surface area contributed by atoms with Gasteiger partial charge in [0, 0.05) is 18.8 Å². The molecule has 1 heterocycles. The SMILES string of the molecule is CNC[C@@H](O)[C@H](c1cccc(F)c1)n1ccc2ccc(OC)cc21.Cl. The minimum Gasteiger partial charge on any atom is -0.497 e. The average Bonchev–Trinajstić information content (AvgIpc) is 2.98. The lowest BCUT2D eigenvalue weighted by Gasteiger charge is -2.26.